The van der Waals surface area contributed by atoms with E-state index in [0.29, 0.717) is 0 Å². The molecule has 0 atom stereocenters. The molecule has 0 aliphatic heterocycles. The smallest absolute Gasteiger partial charge is 0.287 e. The van der Waals surface area contributed by atoms with Crippen LogP contribution in [0.5, 0.6) is 0 Å². The maximum atomic E-state index is 8.39. The summed E-state index contributed by atoms with van der Waals surface area (Å²) in [6.07, 6.45) is 1.40. The van der Waals surface area contributed by atoms with Gasteiger partial charge in [0, 0.05) is 12.2 Å². The van der Waals surface area contributed by atoms with Crippen molar-refractivity contribution < 1.29 is 4.79 Å². The highest BCUT2D eigenvalue weighted by atomic mass is 14.9. The van der Waals surface area contributed by atoms with Crippen LogP contribution in [0.15, 0.2) is 54.6 Å². The predicted molar refractivity (Wildman–Crippen MR) is 69.0 cm³/mol. The Balaban J connectivity index is 1.98. The van der Waals surface area contributed by atoms with Gasteiger partial charge in [0.1, 0.15) is 0 Å². The molecule has 2 aromatic carbocycles. The van der Waals surface area contributed by atoms with Gasteiger partial charge in [-0.05, 0) is 29.8 Å². The van der Waals surface area contributed by atoms with Crippen LogP contribution in [0.2, 0.25) is 0 Å². The highest BCUT2D eigenvalue weighted by Crippen LogP contribution is 2.10. The molecule has 0 saturated heterocycles. The molecular formula is C14H13N3. The van der Waals surface area contributed by atoms with Gasteiger partial charge in [0.15, 0.2) is 0 Å². The molecule has 0 saturated carbocycles. The maximum absolute atomic E-state index is 8.39. The first-order chi connectivity index (χ1) is 8.38. The van der Waals surface area contributed by atoms with Gasteiger partial charge < -0.3 is 10.8 Å². The van der Waals surface area contributed by atoms with E-state index in [0.717, 1.165) is 17.8 Å². The zero-order valence-corrected chi connectivity index (χ0v) is 9.38. The van der Waals surface area contributed by atoms with E-state index in [9.17, 15) is 0 Å². The Morgan fingerprint density at radius 1 is 1.00 bits per heavy atom. The molecule has 84 valence electrons. The number of benzene rings is 2. The summed E-state index contributed by atoms with van der Waals surface area (Å²) >= 11 is 0. The SMILES string of the molecule is [N-]=[N+]=Cc1ccc(NCc2ccccc2)cc1. The molecule has 0 bridgehead atoms. The third-order valence-electron chi connectivity index (χ3n) is 2.46. The summed E-state index contributed by atoms with van der Waals surface area (Å²) in [5, 5.41) is 3.32. The third-order valence-corrected chi connectivity index (χ3v) is 2.46. The van der Waals surface area contributed by atoms with Crippen molar-refractivity contribution in [3.63, 3.8) is 0 Å². The molecule has 3 heteroatoms. The van der Waals surface area contributed by atoms with Gasteiger partial charge >= 0.3 is 0 Å². The molecule has 0 radical (unpaired) electrons. The predicted octanol–water partition coefficient (Wildman–Crippen LogP) is 2.95. The van der Waals surface area contributed by atoms with E-state index < -0.39 is 0 Å². The monoisotopic (exact) mass is 223 g/mol. The van der Waals surface area contributed by atoms with Crippen LogP contribution in [0.1, 0.15) is 11.1 Å². The van der Waals surface area contributed by atoms with Gasteiger partial charge in [0.2, 0.25) is 0 Å². The van der Waals surface area contributed by atoms with Crippen LogP contribution in [-0.2, 0) is 6.54 Å². The summed E-state index contributed by atoms with van der Waals surface area (Å²) in [5.74, 6) is 0. The van der Waals surface area contributed by atoms with Crippen molar-refractivity contribution in [1.82, 2.24) is 0 Å². The summed E-state index contributed by atoms with van der Waals surface area (Å²) in [4.78, 5) is 2.98. The number of nitrogens with zero attached hydrogens (tertiary/aromatic N) is 2. The maximum Gasteiger partial charge on any atom is 0.287 e. The van der Waals surface area contributed by atoms with Crippen molar-refractivity contribution in [2.24, 2.45) is 0 Å². The highest BCUT2D eigenvalue weighted by molar-refractivity contribution is 5.75. The number of hydrogen-bond donors (Lipinski definition) is 1. The summed E-state index contributed by atoms with van der Waals surface area (Å²) in [5.41, 5.74) is 11.6. The van der Waals surface area contributed by atoms with Crippen LogP contribution < -0.4 is 5.32 Å². The van der Waals surface area contributed by atoms with E-state index in [-0.39, 0.29) is 0 Å². The fourth-order valence-electron chi connectivity index (χ4n) is 1.55. The highest BCUT2D eigenvalue weighted by Gasteiger charge is 1.95. The lowest BCUT2D eigenvalue weighted by Gasteiger charge is -2.05. The lowest BCUT2D eigenvalue weighted by molar-refractivity contribution is 0.00456. The summed E-state index contributed by atoms with van der Waals surface area (Å²) in [6, 6.07) is 17.9. The van der Waals surface area contributed by atoms with Crippen LogP contribution in [-0.4, -0.2) is 11.0 Å². The zero-order chi connectivity index (χ0) is 11.9. The lowest BCUT2D eigenvalue weighted by atomic mass is 10.2. The molecule has 0 aliphatic carbocycles. The van der Waals surface area contributed by atoms with E-state index >= 15 is 0 Å². The lowest BCUT2D eigenvalue weighted by Crippen LogP contribution is -1.98. The average Bonchev–Trinajstić information content (AvgIpc) is 2.40. The Labute approximate surface area is 100 Å². The molecule has 17 heavy (non-hydrogen) atoms. The van der Waals surface area contributed by atoms with E-state index in [1.165, 1.54) is 11.8 Å². The zero-order valence-electron chi connectivity index (χ0n) is 9.38. The molecule has 0 unspecified atom stereocenters. The first-order valence-corrected chi connectivity index (χ1v) is 5.44. The molecule has 2 rings (SSSR count). The first-order valence-electron chi connectivity index (χ1n) is 5.44. The Morgan fingerprint density at radius 3 is 2.35 bits per heavy atom. The molecule has 0 aliphatic rings. The van der Waals surface area contributed by atoms with Crippen molar-refractivity contribution in [3.8, 4) is 0 Å². The van der Waals surface area contributed by atoms with Crippen molar-refractivity contribution >= 4 is 11.9 Å². The van der Waals surface area contributed by atoms with E-state index in [4.69, 9.17) is 5.53 Å². The van der Waals surface area contributed by atoms with E-state index in [1.807, 2.05) is 42.5 Å². The van der Waals surface area contributed by atoms with E-state index in [2.05, 4.69) is 22.2 Å². The largest absolute Gasteiger partial charge is 0.381 e. The summed E-state index contributed by atoms with van der Waals surface area (Å²) < 4.78 is 0. The van der Waals surface area contributed by atoms with Crippen LogP contribution in [0, 0.1) is 0 Å². The quantitative estimate of drug-likeness (QED) is 0.483. The van der Waals surface area contributed by atoms with Gasteiger partial charge in [-0.25, -0.2) is 0 Å². The summed E-state index contributed by atoms with van der Waals surface area (Å²) in [7, 11) is 0. The second kappa shape index (κ2) is 5.64. The molecule has 2 aromatic rings. The summed E-state index contributed by atoms with van der Waals surface area (Å²) in [6.45, 7) is 0.800. The van der Waals surface area contributed by atoms with Crippen LogP contribution >= 0.6 is 0 Å². The Kier molecular flexibility index (Phi) is 3.68. The number of hydrogen-bond acceptors (Lipinski definition) is 1. The van der Waals surface area contributed by atoms with E-state index in [1.54, 1.807) is 0 Å². The molecule has 0 aromatic heterocycles. The first kappa shape index (κ1) is 11.1. The van der Waals surface area contributed by atoms with Crippen LogP contribution in [0.3, 0.4) is 0 Å². The second-order valence-corrected chi connectivity index (χ2v) is 3.71. The Bertz CT molecular complexity index is 511. The third kappa shape index (κ3) is 3.30. The van der Waals surface area contributed by atoms with Gasteiger partial charge in [0.25, 0.3) is 6.21 Å². The fraction of sp³-hybridized carbons (Fsp3) is 0.0714. The topological polar surface area (TPSA) is 48.4 Å². The Morgan fingerprint density at radius 2 is 1.71 bits per heavy atom. The van der Waals surface area contributed by atoms with Gasteiger partial charge in [-0.15, -0.1) is 0 Å². The van der Waals surface area contributed by atoms with Crippen LogP contribution in [0.4, 0.5) is 5.69 Å². The molecule has 0 amide bonds. The van der Waals surface area contributed by atoms with Crippen molar-refractivity contribution in [1.29, 1.82) is 0 Å². The standard InChI is InChI=1S/C14H13N3/c15-17-11-13-6-8-14(9-7-13)16-10-12-4-2-1-3-5-12/h1-9,11,16H,10H2. The minimum atomic E-state index is 0.800. The molecular weight excluding hydrogens is 210 g/mol. The number of anilines is 1. The molecule has 0 fully saturated rings. The van der Waals surface area contributed by atoms with Crippen molar-refractivity contribution in [2.45, 2.75) is 6.54 Å². The fourth-order valence-corrected chi connectivity index (χ4v) is 1.55. The normalized spacial score (nSPS) is 9.41. The van der Waals surface area contributed by atoms with Gasteiger partial charge in [-0.3, -0.25) is 0 Å². The number of rotatable bonds is 4. The minimum absolute atomic E-state index is 0.800. The molecule has 0 heterocycles. The second-order valence-electron chi connectivity index (χ2n) is 3.71. The molecule has 1 N–H and O–H groups in total. The minimum Gasteiger partial charge on any atom is -0.381 e. The average molecular weight is 223 g/mol. The van der Waals surface area contributed by atoms with Crippen molar-refractivity contribution in [3.05, 3.63) is 71.3 Å². The van der Waals surface area contributed by atoms with Gasteiger partial charge in [-0.1, -0.05) is 30.3 Å². The van der Waals surface area contributed by atoms with Gasteiger partial charge in [0.05, 0.1) is 5.56 Å². The van der Waals surface area contributed by atoms with Crippen molar-refractivity contribution in [2.75, 3.05) is 5.32 Å². The van der Waals surface area contributed by atoms with Crippen LogP contribution in [0.25, 0.3) is 5.53 Å². The number of nitrogens with one attached hydrogen (secondary N) is 1. The Hall–Kier alpha value is -2.38. The van der Waals surface area contributed by atoms with Gasteiger partial charge in [-0.2, -0.15) is 4.79 Å². The molecule has 0 spiro atoms. The molecule has 3 nitrogen and oxygen atoms in total.